The van der Waals surface area contributed by atoms with Crippen molar-refractivity contribution in [1.82, 2.24) is 0 Å². The van der Waals surface area contributed by atoms with Crippen LogP contribution in [0, 0.1) is 29.6 Å². The highest BCUT2D eigenvalue weighted by atomic mass is 14.4. The Morgan fingerprint density at radius 1 is 1.12 bits per heavy atom. The molecule has 3 atom stereocenters. The third-order valence-electron chi connectivity index (χ3n) is 4.60. The standard InChI is InChI=1S/C16H26/c1-10(2)14-9-15-12(5)7-6-8-13(15)16(14)11(3)4/h6,8,10-12,14,16H,7,9H2,1-5H3. The first-order valence-corrected chi connectivity index (χ1v) is 6.91. The average molecular weight is 218 g/mol. The monoisotopic (exact) mass is 218 g/mol. The molecule has 0 aromatic carbocycles. The van der Waals surface area contributed by atoms with Gasteiger partial charge in [0.1, 0.15) is 0 Å². The smallest absolute Gasteiger partial charge is 0.0105 e. The molecule has 0 radical (unpaired) electrons. The first-order chi connectivity index (χ1) is 7.52. The summed E-state index contributed by atoms with van der Waals surface area (Å²) >= 11 is 0. The van der Waals surface area contributed by atoms with Gasteiger partial charge in [-0.2, -0.15) is 0 Å². The van der Waals surface area contributed by atoms with Crippen LogP contribution in [0.1, 0.15) is 47.5 Å². The molecule has 0 saturated heterocycles. The van der Waals surface area contributed by atoms with Crippen LogP contribution in [0.3, 0.4) is 0 Å². The molecule has 3 unspecified atom stereocenters. The van der Waals surface area contributed by atoms with Crippen LogP contribution >= 0.6 is 0 Å². The Bertz CT molecular complexity index is 317. The van der Waals surface area contributed by atoms with Gasteiger partial charge in [-0.05, 0) is 48.0 Å². The van der Waals surface area contributed by atoms with Crippen molar-refractivity contribution < 1.29 is 0 Å². The maximum atomic E-state index is 2.43. The lowest BCUT2D eigenvalue weighted by molar-refractivity contribution is 0.253. The summed E-state index contributed by atoms with van der Waals surface area (Å²) < 4.78 is 0. The van der Waals surface area contributed by atoms with E-state index in [-0.39, 0.29) is 0 Å². The van der Waals surface area contributed by atoms with Gasteiger partial charge in [-0.25, -0.2) is 0 Å². The van der Waals surface area contributed by atoms with Gasteiger partial charge >= 0.3 is 0 Å². The van der Waals surface area contributed by atoms with Crippen molar-refractivity contribution in [2.24, 2.45) is 29.6 Å². The van der Waals surface area contributed by atoms with Gasteiger partial charge in [0, 0.05) is 0 Å². The highest BCUT2D eigenvalue weighted by Crippen LogP contribution is 2.49. The summed E-state index contributed by atoms with van der Waals surface area (Å²) in [5.41, 5.74) is 3.48. The van der Waals surface area contributed by atoms with Crippen LogP contribution in [0.2, 0.25) is 0 Å². The summed E-state index contributed by atoms with van der Waals surface area (Å²) in [4.78, 5) is 0. The fourth-order valence-corrected chi connectivity index (χ4v) is 3.69. The normalized spacial score (nSPS) is 34.1. The first kappa shape index (κ1) is 12.0. The molecule has 0 heterocycles. The van der Waals surface area contributed by atoms with Crippen molar-refractivity contribution in [1.29, 1.82) is 0 Å². The fraction of sp³-hybridized carbons (Fsp3) is 0.750. The third-order valence-corrected chi connectivity index (χ3v) is 4.60. The molecule has 0 fully saturated rings. The van der Waals surface area contributed by atoms with Crippen molar-refractivity contribution in [3.05, 3.63) is 23.3 Å². The summed E-state index contributed by atoms with van der Waals surface area (Å²) in [6, 6.07) is 0. The van der Waals surface area contributed by atoms with E-state index in [1.165, 1.54) is 12.8 Å². The fourth-order valence-electron chi connectivity index (χ4n) is 3.69. The van der Waals surface area contributed by atoms with E-state index in [9.17, 15) is 0 Å². The Morgan fingerprint density at radius 2 is 1.81 bits per heavy atom. The Hall–Kier alpha value is -0.520. The maximum absolute atomic E-state index is 2.43. The largest absolute Gasteiger partial charge is 0.0837 e. The number of allylic oxidation sites excluding steroid dienone is 4. The lowest BCUT2D eigenvalue weighted by atomic mass is 9.76. The second kappa shape index (κ2) is 4.39. The van der Waals surface area contributed by atoms with Crippen molar-refractivity contribution in [3.63, 3.8) is 0 Å². The molecule has 16 heavy (non-hydrogen) atoms. The van der Waals surface area contributed by atoms with E-state index < -0.39 is 0 Å². The zero-order chi connectivity index (χ0) is 11.9. The molecule has 2 rings (SSSR count). The van der Waals surface area contributed by atoms with Crippen LogP contribution in [0.25, 0.3) is 0 Å². The molecule has 2 aliphatic rings. The number of rotatable bonds is 2. The zero-order valence-electron chi connectivity index (χ0n) is 11.5. The molecule has 0 aromatic heterocycles. The van der Waals surface area contributed by atoms with Crippen LogP contribution in [0.15, 0.2) is 23.3 Å². The molecule has 0 bridgehead atoms. The lowest BCUT2D eigenvalue weighted by Crippen LogP contribution is -2.21. The van der Waals surface area contributed by atoms with E-state index in [1.807, 2.05) is 0 Å². The summed E-state index contributed by atoms with van der Waals surface area (Å²) in [5.74, 6) is 4.10. The minimum atomic E-state index is 0.787. The van der Waals surface area contributed by atoms with Gasteiger partial charge < -0.3 is 0 Å². The Morgan fingerprint density at radius 3 is 2.38 bits per heavy atom. The summed E-state index contributed by atoms with van der Waals surface area (Å²) in [5, 5.41) is 0. The molecule has 0 aliphatic heterocycles. The second-order valence-electron chi connectivity index (χ2n) is 6.40. The second-order valence-corrected chi connectivity index (χ2v) is 6.40. The SMILES string of the molecule is CC1CC=CC2=C1CC(C(C)C)C2C(C)C. The Balaban J connectivity index is 2.32. The topological polar surface area (TPSA) is 0 Å². The minimum absolute atomic E-state index is 0.787. The van der Waals surface area contributed by atoms with Crippen molar-refractivity contribution in [2.45, 2.75) is 47.5 Å². The maximum Gasteiger partial charge on any atom is -0.0105 e. The van der Waals surface area contributed by atoms with Crippen molar-refractivity contribution in [2.75, 3.05) is 0 Å². The number of hydrogen-bond donors (Lipinski definition) is 0. The summed E-state index contributed by atoms with van der Waals surface area (Å²) in [6.45, 7) is 12.0. The molecule has 0 nitrogen and oxygen atoms in total. The van der Waals surface area contributed by atoms with E-state index in [0.717, 1.165) is 29.6 Å². The van der Waals surface area contributed by atoms with E-state index >= 15 is 0 Å². The van der Waals surface area contributed by atoms with Crippen LogP contribution in [-0.2, 0) is 0 Å². The van der Waals surface area contributed by atoms with E-state index in [2.05, 4.69) is 46.8 Å². The quantitative estimate of drug-likeness (QED) is 0.623. The molecule has 0 spiro atoms. The van der Waals surface area contributed by atoms with E-state index in [0.29, 0.717) is 0 Å². The Kier molecular flexibility index (Phi) is 3.28. The molecule has 0 aromatic rings. The average Bonchev–Trinajstić information content (AvgIpc) is 2.58. The molecule has 0 heteroatoms. The lowest BCUT2D eigenvalue weighted by Gasteiger charge is -2.28. The highest BCUT2D eigenvalue weighted by Gasteiger charge is 2.38. The number of hydrogen-bond acceptors (Lipinski definition) is 0. The van der Waals surface area contributed by atoms with E-state index in [1.54, 1.807) is 11.1 Å². The predicted molar refractivity (Wildman–Crippen MR) is 71.2 cm³/mol. The van der Waals surface area contributed by atoms with Gasteiger partial charge in [0.2, 0.25) is 0 Å². The molecule has 0 amide bonds. The predicted octanol–water partition coefficient (Wildman–Crippen LogP) is 4.83. The first-order valence-electron chi connectivity index (χ1n) is 6.91. The molecule has 90 valence electrons. The van der Waals surface area contributed by atoms with Crippen LogP contribution < -0.4 is 0 Å². The van der Waals surface area contributed by atoms with Gasteiger partial charge in [0.05, 0.1) is 0 Å². The highest BCUT2D eigenvalue weighted by molar-refractivity contribution is 5.38. The molecular weight excluding hydrogens is 192 g/mol. The van der Waals surface area contributed by atoms with Gasteiger partial charge in [0.25, 0.3) is 0 Å². The van der Waals surface area contributed by atoms with Crippen LogP contribution in [-0.4, -0.2) is 0 Å². The van der Waals surface area contributed by atoms with Crippen LogP contribution in [0.5, 0.6) is 0 Å². The molecular formula is C16H26. The van der Waals surface area contributed by atoms with Gasteiger partial charge in [-0.1, -0.05) is 52.3 Å². The van der Waals surface area contributed by atoms with Gasteiger partial charge in [-0.15, -0.1) is 0 Å². The van der Waals surface area contributed by atoms with Crippen LogP contribution in [0.4, 0.5) is 0 Å². The van der Waals surface area contributed by atoms with Gasteiger partial charge in [0.15, 0.2) is 0 Å². The molecule has 0 saturated carbocycles. The molecule has 2 aliphatic carbocycles. The van der Waals surface area contributed by atoms with E-state index in [4.69, 9.17) is 0 Å². The zero-order valence-corrected chi connectivity index (χ0v) is 11.5. The summed E-state index contributed by atoms with van der Waals surface area (Å²) in [6.07, 6.45) is 7.44. The van der Waals surface area contributed by atoms with Gasteiger partial charge in [-0.3, -0.25) is 0 Å². The van der Waals surface area contributed by atoms with Crippen molar-refractivity contribution in [3.8, 4) is 0 Å². The Labute approximate surface area is 101 Å². The van der Waals surface area contributed by atoms with Crippen molar-refractivity contribution >= 4 is 0 Å². The third kappa shape index (κ3) is 1.87. The molecule has 0 N–H and O–H groups in total. The minimum Gasteiger partial charge on any atom is -0.0837 e. The summed E-state index contributed by atoms with van der Waals surface area (Å²) in [7, 11) is 0.